The van der Waals surface area contributed by atoms with Crippen LogP contribution in [0.1, 0.15) is 32.7 Å². The van der Waals surface area contributed by atoms with Gasteiger partial charge in [0.05, 0.1) is 11.1 Å². The molecule has 29 heavy (non-hydrogen) atoms. The van der Waals surface area contributed by atoms with Crippen molar-refractivity contribution in [2.24, 2.45) is 11.8 Å². The minimum atomic E-state index is -1.00. The van der Waals surface area contributed by atoms with E-state index in [0.29, 0.717) is 29.7 Å². The van der Waals surface area contributed by atoms with Crippen LogP contribution >= 0.6 is 0 Å². The number of amides is 3. The van der Waals surface area contributed by atoms with Crippen molar-refractivity contribution >= 4 is 17.9 Å². The predicted molar refractivity (Wildman–Crippen MR) is 101 cm³/mol. The molecule has 3 aliphatic rings. The third-order valence-corrected chi connectivity index (χ3v) is 6.77. The van der Waals surface area contributed by atoms with Crippen molar-refractivity contribution in [1.29, 1.82) is 0 Å². The Kier molecular flexibility index (Phi) is 3.78. The van der Waals surface area contributed by atoms with E-state index < -0.39 is 11.5 Å². The van der Waals surface area contributed by atoms with Gasteiger partial charge >= 0.3 is 6.09 Å². The number of carbonyl (C=O) groups excluding carboxylic acids is 2. The van der Waals surface area contributed by atoms with E-state index in [-0.39, 0.29) is 42.6 Å². The lowest BCUT2D eigenvalue weighted by Crippen LogP contribution is -2.39. The van der Waals surface area contributed by atoms with E-state index in [9.17, 15) is 23.9 Å². The lowest BCUT2D eigenvalue weighted by Gasteiger charge is -2.25. The first-order valence-corrected chi connectivity index (χ1v) is 9.63. The van der Waals surface area contributed by atoms with Crippen LogP contribution in [0, 0.1) is 17.7 Å². The molecule has 2 aromatic rings. The summed E-state index contributed by atoms with van der Waals surface area (Å²) in [5.41, 5.74) is 0.413. The molecular formula is C22H19FN2O4. The van der Waals surface area contributed by atoms with Crippen LogP contribution in [-0.4, -0.2) is 52.4 Å². The van der Waals surface area contributed by atoms with Crippen LogP contribution in [0.3, 0.4) is 0 Å². The number of nitrogens with zero attached hydrogens (tertiary/aromatic N) is 2. The number of fused-ring (bicyclic) bond motifs is 2. The highest BCUT2D eigenvalue weighted by atomic mass is 19.1. The normalized spacial score (nSPS) is 27.6. The molecule has 2 heterocycles. The zero-order valence-electron chi connectivity index (χ0n) is 15.5. The van der Waals surface area contributed by atoms with Gasteiger partial charge in [-0.3, -0.25) is 14.5 Å². The average molecular weight is 394 g/mol. The van der Waals surface area contributed by atoms with Gasteiger partial charge in [0.15, 0.2) is 0 Å². The lowest BCUT2D eigenvalue weighted by atomic mass is 9.89. The van der Waals surface area contributed by atoms with E-state index in [1.807, 2.05) is 0 Å². The Balaban J connectivity index is 1.54. The molecule has 0 radical (unpaired) electrons. The number of hydrogen-bond acceptors (Lipinski definition) is 3. The average Bonchev–Trinajstić information content (AvgIpc) is 3.31. The molecule has 5 rings (SSSR count). The van der Waals surface area contributed by atoms with Crippen molar-refractivity contribution < 1.29 is 23.9 Å². The summed E-state index contributed by atoms with van der Waals surface area (Å²) in [6, 6.07) is 13.1. The molecule has 3 amide bonds. The minimum absolute atomic E-state index is 0.0271. The fraction of sp³-hybridized carbons (Fsp3) is 0.318. The number of carboxylic acid groups (broad SMARTS) is 1. The molecule has 7 heteroatoms. The van der Waals surface area contributed by atoms with Crippen molar-refractivity contribution in [3.05, 3.63) is 71.0 Å². The van der Waals surface area contributed by atoms with E-state index in [4.69, 9.17) is 0 Å². The van der Waals surface area contributed by atoms with Gasteiger partial charge in [0.2, 0.25) is 0 Å². The number of carbonyl (C=O) groups is 3. The molecule has 1 saturated carbocycles. The van der Waals surface area contributed by atoms with E-state index >= 15 is 0 Å². The Bertz CT molecular complexity index is 1020. The molecule has 0 spiro atoms. The molecule has 6 nitrogen and oxygen atoms in total. The Hall–Kier alpha value is -3.22. The van der Waals surface area contributed by atoms with E-state index in [2.05, 4.69) is 0 Å². The molecule has 1 N–H and O–H groups in total. The molecular weight excluding hydrogens is 375 g/mol. The zero-order valence-corrected chi connectivity index (χ0v) is 15.5. The first-order valence-electron chi connectivity index (χ1n) is 9.63. The third-order valence-electron chi connectivity index (χ3n) is 6.77. The summed E-state index contributed by atoms with van der Waals surface area (Å²) in [5, 5.41) is 9.39. The van der Waals surface area contributed by atoms with Gasteiger partial charge in [-0.2, -0.15) is 0 Å². The monoisotopic (exact) mass is 394 g/mol. The molecule has 2 aromatic carbocycles. The second kappa shape index (κ2) is 6.14. The second-order valence-electron chi connectivity index (χ2n) is 7.99. The summed E-state index contributed by atoms with van der Waals surface area (Å²) in [6.45, 7) is 0.704. The number of likely N-dealkylation sites (tertiary alicyclic amines) is 1. The van der Waals surface area contributed by atoms with Gasteiger partial charge in [-0.25, -0.2) is 9.18 Å². The molecule has 2 aliphatic heterocycles. The first-order chi connectivity index (χ1) is 13.9. The van der Waals surface area contributed by atoms with Crippen LogP contribution in [0.25, 0.3) is 0 Å². The molecule has 0 bridgehead atoms. The van der Waals surface area contributed by atoms with Gasteiger partial charge in [-0.15, -0.1) is 0 Å². The summed E-state index contributed by atoms with van der Waals surface area (Å²) >= 11 is 0. The van der Waals surface area contributed by atoms with Gasteiger partial charge in [0, 0.05) is 25.0 Å². The van der Waals surface area contributed by atoms with Crippen molar-refractivity contribution in [3.8, 4) is 0 Å². The maximum atomic E-state index is 14.8. The maximum absolute atomic E-state index is 14.8. The molecule has 2 fully saturated rings. The molecule has 3 atom stereocenters. The lowest BCUT2D eigenvalue weighted by molar-refractivity contribution is 0.0631. The van der Waals surface area contributed by atoms with Crippen LogP contribution in [0.5, 0.6) is 0 Å². The van der Waals surface area contributed by atoms with Gasteiger partial charge < -0.3 is 10.0 Å². The van der Waals surface area contributed by atoms with Crippen LogP contribution in [-0.2, 0) is 5.41 Å². The Morgan fingerprint density at radius 1 is 1.03 bits per heavy atom. The third kappa shape index (κ3) is 2.43. The van der Waals surface area contributed by atoms with Crippen LogP contribution in [0.2, 0.25) is 0 Å². The SMILES string of the molecule is O=C(O)N1CC[C@@H]2[C@H](C1)[C@@]2(CN1C(=O)c2ccccc2C1=O)c1ccccc1F. The fourth-order valence-electron chi connectivity index (χ4n) is 5.35. The van der Waals surface area contributed by atoms with Gasteiger partial charge in [-0.05, 0) is 42.0 Å². The van der Waals surface area contributed by atoms with Crippen molar-refractivity contribution in [3.63, 3.8) is 0 Å². The van der Waals surface area contributed by atoms with E-state index in [0.717, 1.165) is 0 Å². The van der Waals surface area contributed by atoms with Crippen LogP contribution < -0.4 is 0 Å². The first kappa shape index (κ1) is 17.8. The van der Waals surface area contributed by atoms with Crippen molar-refractivity contribution in [1.82, 2.24) is 9.80 Å². The van der Waals surface area contributed by atoms with Crippen LogP contribution in [0.4, 0.5) is 9.18 Å². The number of hydrogen-bond donors (Lipinski definition) is 1. The topological polar surface area (TPSA) is 77.9 Å². The van der Waals surface area contributed by atoms with Gasteiger partial charge in [-0.1, -0.05) is 30.3 Å². The summed E-state index contributed by atoms with van der Waals surface area (Å²) in [5.74, 6) is -1.24. The summed E-state index contributed by atoms with van der Waals surface area (Å²) in [7, 11) is 0. The summed E-state index contributed by atoms with van der Waals surface area (Å²) in [6.07, 6.45) is -0.424. The largest absolute Gasteiger partial charge is 0.465 e. The van der Waals surface area contributed by atoms with Gasteiger partial charge in [0.25, 0.3) is 11.8 Å². The Labute approximate surface area is 166 Å². The molecule has 0 unspecified atom stereocenters. The smallest absolute Gasteiger partial charge is 0.407 e. The van der Waals surface area contributed by atoms with Crippen molar-refractivity contribution in [2.75, 3.05) is 19.6 Å². The second-order valence-corrected chi connectivity index (χ2v) is 7.99. The minimum Gasteiger partial charge on any atom is -0.465 e. The molecule has 148 valence electrons. The summed E-state index contributed by atoms with van der Waals surface area (Å²) in [4.78, 5) is 39.8. The molecule has 1 saturated heterocycles. The Morgan fingerprint density at radius 2 is 1.66 bits per heavy atom. The predicted octanol–water partition coefficient (Wildman–Crippen LogP) is 2.99. The number of imide groups is 1. The van der Waals surface area contributed by atoms with E-state index in [1.165, 1.54) is 15.9 Å². The van der Waals surface area contributed by atoms with Gasteiger partial charge in [0.1, 0.15) is 5.82 Å². The standard InChI is InChI=1S/C22H19FN2O4/c23-18-8-4-3-7-16(18)22(15-9-10-24(21(28)29)11-17(15)22)12-25-19(26)13-5-1-2-6-14(13)20(25)27/h1-8,15,17H,9-12H2,(H,28,29)/t15-,17+,22-/m1/s1. The molecule has 0 aromatic heterocycles. The maximum Gasteiger partial charge on any atom is 0.407 e. The highest BCUT2D eigenvalue weighted by molar-refractivity contribution is 6.21. The van der Waals surface area contributed by atoms with E-state index in [1.54, 1.807) is 42.5 Å². The van der Waals surface area contributed by atoms with Crippen LogP contribution in [0.15, 0.2) is 48.5 Å². The molecule has 1 aliphatic carbocycles. The number of halogens is 1. The fourth-order valence-corrected chi connectivity index (χ4v) is 5.35. The zero-order chi connectivity index (χ0) is 20.3. The highest BCUT2D eigenvalue weighted by Crippen LogP contribution is 2.64. The quantitative estimate of drug-likeness (QED) is 0.812. The number of rotatable bonds is 3. The number of benzene rings is 2. The Morgan fingerprint density at radius 3 is 2.28 bits per heavy atom. The highest BCUT2D eigenvalue weighted by Gasteiger charge is 2.68. The van der Waals surface area contributed by atoms with Crippen molar-refractivity contribution in [2.45, 2.75) is 11.8 Å². The number of piperidine rings is 1. The summed E-state index contributed by atoms with van der Waals surface area (Å²) < 4.78 is 14.8.